The summed E-state index contributed by atoms with van der Waals surface area (Å²) in [4.78, 5) is 39.0. The largest absolute Gasteiger partial charge is 0.457 e. The van der Waals surface area contributed by atoms with E-state index in [0.29, 0.717) is 25.7 Å². The predicted molar refractivity (Wildman–Crippen MR) is 151 cm³/mol. The van der Waals surface area contributed by atoms with Crippen molar-refractivity contribution in [1.29, 1.82) is 0 Å². The molecule has 1 heterocycles. The molecule has 9 nitrogen and oxygen atoms in total. The van der Waals surface area contributed by atoms with Crippen LogP contribution in [0, 0.1) is 5.92 Å². The molecule has 0 radical (unpaired) electrons. The second-order valence-corrected chi connectivity index (χ2v) is 11.9. The van der Waals surface area contributed by atoms with Crippen LogP contribution in [0.2, 0.25) is 6.32 Å². The number of alkyl carbamates (subject to hydrolysis) is 1. The van der Waals surface area contributed by atoms with E-state index in [1.54, 1.807) is 0 Å². The smallest absolute Gasteiger partial charge is 0.445 e. The van der Waals surface area contributed by atoms with Gasteiger partial charge in [0.1, 0.15) is 12.1 Å². The highest BCUT2D eigenvalue weighted by atomic mass is 16.7. The van der Waals surface area contributed by atoms with Crippen LogP contribution in [0.3, 0.4) is 0 Å². The lowest BCUT2D eigenvalue weighted by Crippen LogP contribution is -2.71. The predicted octanol–water partition coefficient (Wildman–Crippen LogP) is 4.36. The third kappa shape index (κ3) is 7.98. The molecule has 2 aliphatic rings. The third-order valence-corrected chi connectivity index (χ3v) is 8.31. The molecule has 0 aromatic heterocycles. The van der Waals surface area contributed by atoms with Gasteiger partial charge in [-0.05, 0) is 71.2 Å². The number of carbonyl (C=O) groups is 3. The molecular weight excluding hydrogens is 497 g/mol. The van der Waals surface area contributed by atoms with E-state index in [9.17, 15) is 14.4 Å². The monoisotopic (exact) mass is 543 g/mol. The van der Waals surface area contributed by atoms with Crippen LogP contribution in [0.5, 0.6) is 0 Å². The summed E-state index contributed by atoms with van der Waals surface area (Å²) in [5.74, 6) is -0.470. The lowest BCUT2D eigenvalue weighted by Gasteiger charge is -2.46. The van der Waals surface area contributed by atoms with Crippen LogP contribution in [-0.2, 0) is 30.2 Å². The summed E-state index contributed by atoms with van der Waals surface area (Å²) in [6.45, 7) is 12.2. The van der Waals surface area contributed by atoms with Crippen molar-refractivity contribution >= 4 is 25.0 Å². The zero-order valence-corrected chi connectivity index (χ0v) is 24.4. The van der Waals surface area contributed by atoms with Gasteiger partial charge in [-0.2, -0.15) is 0 Å². The maximum Gasteiger partial charge on any atom is 0.457 e. The number of carbonyl (C=O) groups excluding carboxylic acids is 3. The average molecular weight is 544 g/mol. The molecule has 0 bridgehead atoms. The van der Waals surface area contributed by atoms with E-state index in [-0.39, 0.29) is 31.5 Å². The van der Waals surface area contributed by atoms with E-state index in [1.165, 1.54) is 6.92 Å². The molecule has 10 heteroatoms. The molecule has 39 heavy (non-hydrogen) atoms. The Bertz CT molecular complexity index is 972. The normalized spacial score (nSPS) is 25.5. The summed E-state index contributed by atoms with van der Waals surface area (Å²) in [6, 6.07) is 8.80. The van der Waals surface area contributed by atoms with Crippen LogP contribution in [0.25, 0.3) is 0 Å². The fourth-order valence-electron chi connectivity index (χ4n) is 5.45. The van der Waals surface area contributed by atoms with E-state index in [2.05, 4.69) is 22.9 Å². The molecule has 1 aromatic carbocycles. The lowest BCUT2D eigenvalue weighted by atomic mass is 9.67. The second-order valence-electron chi connectivity index (χ2n) is 11.9. The summed E-state index contributed by atoms with van der Waals surface area (Å²) in [5, 5.41) is 8.87. The van der Waals surface area contributed by atoms with Gasteiger partial charge in [0.05, 0.1) is 17.2 Å². The van der Waals surface area contributed by atoms with Gasteiger partial charge in [0.15, 0.2) is 0 Å². The Morgan fingerprint density at radius 2 is 1.72 bits per heavy atom. The second kappa shape index (κ2) is 13.2. The van der Waals surface area contributed by atoms with Crippen molar-refractivity contribution in [2.24, 2.45) is 5.92 Å². The van der Waals surface area contributed by atoms with Gasteiger partial charge < -0.3 is 30.0 Å². The summed E-state index contributed by atoms with van der Waals surface area (Å²) in [5.41, 5.74) is -1.23. The number of ether oxygens (including phenoxy) is 1. The van der Waals surface area contributed by atoms with Crippen LogP contribution in [0.4, 0.5) is 4.79 Å². The maximum atomic E-state index is 13.7. The number of hydrogen-bond donors (Lipinski definition) is 3. The first-order chi connectivity index (χ1) is 18.4. The van der Waals surface area contributed by atoms with E-state index in [4.69, 9.17) is 14.0 Å². The van der Waals surface area contributed by atoms with E-state index >= 15 is 0 Å². The first-order valence-electron chi connectivity index (χ1n) is 14.3. The van der Waals surface area contributed by atoms with Crippen molar-refractivity contribution in [2.45, 2.75) is 116 Å². The van der Waals surface area contributed by atoms with Crippen molar-refractivity contribution in [2.75, 3.05) is 6.54 Å². The van der Waals surface area contributed by atoms with Crippen LogP contribution < -0.4 is 16.0 Å². The molecular formula is C29H46BN3O6. The Balaban J connectivity index is 1.73. The van der Waals surface area contributed by atoms with Crippen molar-refractivity contribution in [1.82, 2.24) is 16.0 Å². The van der Waals surface area contributed by atoms with E-state index < -0.39 is 28.9 Å². The van der Waals surface area contributed by atoms with Crippen molar-refractivity contribution in [3.8, 4) is 0 Å². The minimum atomic E-state index is -1.29. The molecule has 3 atom stereocenters. The summed E-state index contributed by atoms with van der Waals surface area (Å²) in [7, 11) is -0.327. The minimum absolute atomic E-state index is 0.117. The molecule has 3 amide bonds. The van der Waals surface area contributed by atoms with Crippen LogP contribution >= 0.6 is 0 Å². The van der Waals surface area contributed by atoms with E-state index in [0.717, 1.165) is 31.2 Å². The standard InChI is InChI=1S/C29H46BN3O6/c1-7-8-18-31-25(35)29(33-21(2)34)19-22(16-17-30-38-27(3,4)28(5,6)39-30)14-15-24(29)32-26(36)37-20-23-12-10-9-11-13-23/h9-13,22,24H,7-8,14-20H2,1-6H3,(H,31,35)(H,32,36)(H,33,34). The zero-order valence-electron chi connectivity index (χ0n) is 24.4. The fraction of sp³-hybridized carbons (Fsp3) is 0.690. The Hall–Kier alpha value is -2.59. The molecule has 1 saturated carbocycles. The maximum absolute atomic E-state index is 13.7. The highest BCUT2D eigenvalue weighted by Crippen LogP contribution is 2.41. The van der Waals surface area contributed by atoms with Gasteiger partial charge in [0.25, 0.3) is 0 Å². The summed E-state index contributed by atoms with van der Waals surface area (Å²) < 4.78 is 17.8. The van der Waals surface area contributed by atoms with Crippen molar-refractivity contribution < 1.29 is 28.4 Å². The van der Waals surface area contributed by atoms with Gasteiger partial charge in [-0.3, -0.25) is 9.59 Å². The van der Waals surface area contributed by atoms with Gasteiger partial charge in [-0.1, -0.05) is 50.1 Å². The number of nitrogens with one attached hydrogen (secondary N) is 3. The Kier molecular flexibility index (Phi) is 10.5. The van der Waals surface area contributed by atoms with Crippen molar-refractivity contribution in [3.63, 3.8) is 0 Å². The molecule has 216 valence electrons. The average Bonchev–Trinajstić information content (AvgIpc) is 3.09. The molecule has 1 aromatic rings. The third-order valence-electron chi connectivity index (χ3n) is 8.31. The number of hydrogen-bond acceptors (Lipinski definition) is 6. The van der Waals surface area contributed by atoms with Crippen molar-refractivity contribution in [3.05, 3.63) is 35.9 Å². The van der Waals surface area contributed by atoms with Crippen LogP contribution in [0.1, 0.15) is 85.6 Å². The van der Waals surface area contributed by atoms with Gasteiger partial charge in [-0.25, -0.2) is 4.79 Å². The van der Waals surface area contributed by atoms with Gasteiger partial charge in [0, 0.05) is 13.5 Å². The molecule has 3 rings (SSSR count). The van der Waals surface area contributed by atoms with Gasteiger partial charge in [0.2, 0.25) is 11.8 Å². The van der Waals surface area contributed by atoms with Gasteiger partial charge in [-0.15, -0.1) is 0 Å². The molecule has 0 spiro atoms. The molecule has 1 aliphatic heterocycles. The molecule has 3 unspecified atom stereocenters. The molecule has 1 saturated heterocycles. The number of unbranched alkanes of at least 4 members (excludes halogenated alkanes) is 1. The zero-order chi connectivity index (χ0) is 28.7. The fourth-order valence-corrected chi connectivity index (χ4v) is 5.45. The highest BCUT2D eigenvalue weighted by Gasteiger charge is 2.53. The quantitative estimate of drug-likeness (QED) is 0.282. The highest BCUT2D eigenvalue weighted by molar-refractivity contribution is 6.45. The Labute approximate surface area is 233 Å². The number of benzene rings is 1. The first-order valence-corrected chi connectivity index (χ1v) is 14.3. The van der Waals surface area contributed by atoms with Crippen LogP contribution in [-0.4, -0.2) is 54.4 Å². The summed E-state index contributed by atoms with van der Waals surface area (Å²) >= 11 is 0. The van der Waals surface area contributed by atoms with Crippen LogP contribution in [0.15, 0.2) is 30.3 Å². The van der Waals surface area contributed by atoms with E-state index in [1.807, 2.05) is 58.0 Å². The summed E-state index contributed by atoms with van der Waals surface area (Å²) in [6.07, 6.45) is 4.29. The number of amides is 3. The molecule has 2 fully saturated rings. The lowest BCUT2D eigenvalue weighted by molar-refractivity contribution is -0.136. The molecule has 1 aliphatic carbocycles. The molecule has 3 N–H and O–H groups in total. The Morgan fingerprint density at radius 1 is 1.05 bits per heavy atom. The first kappa shape index (κ1) is 30.9. The Morgan fingerprint density at radius 3 is 2.33 bits per heavy atom. The number of rotatable bonds is 11. The van der Waals surface area contributed by atoms with Gasteiger partial charge >= 0.3 is 13.2 Å². The topological polar surface area (TPSA) is 115 Å². The minimum Gasteiger partial charge on any atom is -0.445 e. The SMILES string of the molecule is CCCCNC(=O)C1(NC(C)=O)CC(CCB2OC(C)(C)C(C)(C)O2)CCC1NC(=O)OCc1ccccc1.